The maximum Gasteiger partial charge on any atom is 0.152 e. The molecule has 1 N–H and O–H groups in total. The molecule has 0 amide bonds. The Morgan fingerprint density at radius 1 is 0.509 bits per heavy atom. The highest BCUT2D eigenvalue weighted by Crippen LogP contribution is 2.52. The van der Waals surface area contributed by atoms with Gasteiger partial charge in [-0.1, -0.05) is 190 Å². The second-order valence-electron chi connectivity index (χ2n) is 14.3. The molecular weight excluding hydrogens is 641 g/mol. The molecule has 0 saturated carbocycles. The van der Waals surface area contributed by atoms with Gasteiger partial charge in [-0.15, -0.1) is 0 Å². The van der Waals surface area contributed by atoms with E-state index in [9.17, 15) is 0 Å². The maximum atomic E-state index is 8.99. The van der Waals surface area contributed by atoms with Gasteiger partial charge in [-0.25, -0.2) is 4.99 Å². The van der Waals surface area contributed by atoms with Crippen molar-refractivity contribution in [3.63, 3.8) is 0 Å². The zero-order valence-electron chi connectivity index (χ0n) is 29.8. The molecule has 0 unspecified atom stereocenters. The van der Waals surface area contributed by atoms with Gasteiger partial charge < -0.3 is 0 Å². The van der Waals surface area contributed by atoms with E-state index in [2.05, 4.69) is 172 Å². The fourth-order valence-corrected chi connectivity index (χ4v) is 8.25. The molecule has 8 aromatic carbocycles. The lowest BCUT2D eigenvalue weighted by Crippen LogP contribution is -2.16. The molecule has 2 nitrogen and oxygen atoms in total. The second kappa shape index (κ2) is 13.2. The lowest BCUT2D eigenvalue weighted by molar-refractivity contribution is 0.662. The number of allylic oxidation sites excluding steroid dienone is 1. The lowest BCUT2D eigenvalue weighted by Gasteiger charge is -2.25. The van der Waals surface area contributed by atoms with Gasteiger partial charge in [0.15, 0.2) is 5.84 Å². The van der Waals surface area contributed by atoms with E-state index >= 15 is 0 Å². The van der Waals surface area contributed by atoms with E-state index in [0.29, 0.717) is 0 Å². The highest BCUT2D eigenvalue weighted by atomic mass is 14.8. The Bertz CT molecular complexity index is 2760. The van der Waals surface area contributed by atoms with Crippen LogP contribution < -0.4 is 0 Å². The minimum absolute atomic E-state index is 0.114. The van der Waals surface area contributed by atoms with Gasteiger partial charge >= 0.3 is 0 Å². The zero-order chi connectivity index (χ0) is 35.9. The van der Waals surface area contributed by atoms with Crippen LogP contribution in [0, 0.1) is 5.41 Å². The smallest absolute Gasteiger partial charge is 0.152 e. The summed E-state index contributed by atoms with van der Waals surface area (Å²) >= 11 is 0. The van der Waals surface area contributed by atoms with Gasteiger partial charge in [-0.05, 0) is 83.8 Å². The predicted molar refractivity (Wildman–Crippen MR) is 225 cm³/mol. The van der Waals surface area contributed by atoms with Crippen LogP contribution in [0.15, 0.2) is 187 Å². The number of rotatable bonds is 6. The predicted octanol–water partition coefficient (Wildman–Crippen LogP) is 13.2. The fraction of sp³-hybridized carbons (Fsp3) is 0.0588. The van der Waals surface area contributed by atoms with Crippen LogP contribution in [0.3, 0.4) is 0 Å². The van der Waals surface area contributed by atoms with Gasteiger partial charge in [0, 0.05) is 16.5 Å². The van der Waals surface area contributed by atoms with Crippen LogP contribution in [-0.2, 0) is 5.41 Å². The van der Waals surface area contributed by atoms with E-state index in [1.165, 1.54) is 60.5 Å². The Kier molecular flexibility index (Phi) is 8.01. The Balaban J connectivity index is 1.16. The number of fused-ring (bicyclic) bond motifs is 5. The third kappa shape index (κ3) is 5.70. The molecule has 2 heteroatoms. The zero-order valence-corrected chi connectivity index (χ0v) is 29.8. The molecule has 252 valence electrons. The average Bonchev–Trinajstić information content (AvgIpc) is 3.45. The number of nitrogens with one attached hydrogen (secondary N) is 1. The normalized spacial score (nSPS) is 13.4. The van der Waals surface area contributed by atoms with E-state index in [0.717, 1.165) is 28.0 Å². The molecule has 0 spiro atoms. The summed E-state index contributed by atoms with van der Waals surface area (Å²) in [5, 5.41) is 13.8. The highest BCUT2D eigenvalue weighted by molar-refractivity contribution is 6.18. The fourth-order valence-electron chi connectivity index (χ4n) is 8.25. The second-order valence-corrected chi connectivity index (χ2v) is 14.3. The number of nitrogens with zero attached hydrogens (tertiary/aromatic N) is 1. The molecule has 8 aromatic rings. The Morgan fingerprint density at radius 3 is 1.96 bits per heavy atom. The summed E-state index contributed by atoms with van der Waals surface area (Å²) < 4.78 is 0. The summed E-state index contributed by atoms with van der Waals surface area (Å²) in [4.78, 5) is 4.96. The van der Waals surface area contributed by atoms with Crippen LogP contribution >= 0.6 is 0 Å². The quantitative estimate of drug-likeness (QED) is 0.134. The van der Waals surface area contributed by atoms with Crippen LogP contribution in [0.25, 0.3) is 61.0 Å². The largest absolute Gasteiger partial charge is 0.282 e. The molecule has 0 saturated heterocycles. The molecule has 9 rings (SSSR count). The third-order valence-electron chi connectivity index (χ3n) is 10.8. The highest BCUT2D eigenvalue weighted by Gasteiger charge is 2.37. The molecular formula is C51H38N2. The minimum Gasteiger partial charge on any atom is -0.282 e. The molecule has 0 heterocycles. The van der Waals surface area contributed by atoms with Crippen LogP contribution in [0.2, 0.25) is 0 Å². The van der Waals surface area contributed by atoms with Gasteiger partial charge in [-0.3, -0.25) is 5.41 Å². The Labute approximate surface area is 311 Å². The standard InChI is InChI=1S/C51H38N2/c1-51(2)47-28-11-10-24-44(47)46-27-14-26-45(49(46)51)43-31-29-35(40-22-8-9-23-42(40)43)30-32-48(53-50(52)36-16-4-3-5-17-36)38-20-12-19-37(33-38)41-25-13-18-34-15-6-7-21-39(34)41/h3-33,52H,1-2H3/b32-30+,52-50?,53-48?. The van der Waals surface area contributed by atoms with Crippen molar-refractivity contribution in [2.45, 2.75) is 19.3 Å². The number of aliphatic imine (C=N–C) groups is 1. The van der Waals surface area contributed by atoms with Crippen molar-refractivity contribution in [2.24, 2.45) is 4.99 Å². The minimum atomic E-state index is -0.114. The van der Waals surface area contributed by atoms with Gasteiger partial charge in [0.25, 0.3) is 0 Å². The van der Waals surface area contributed by atoms with Crippen molar-refractivity contribution in [1.82, 2.24) is 0 Å². The molecule has 1 aliphatic rings. The first-order chi connectivity index (χ1) is 26.0. The summed E-state index contributed by atoms with van der Waals surface area (Å²) in [6.07, 6.45) is 4.23. The summed E-state index contributed by atoms with van der Waals surface area (Å²) in [6, 6.07) is 62.0. The first-order valence-corrected chi connectivity index (χ1v) is 18.2. The number of amidine groups is 1. The summed E-state index contributed by atoms with van der Waals surface area (Å²) in [5.74, 6) is 0.225. The van der Waals surface area contributed by atoms with Gasteiger partial charge in [0.2, 0.25) is 0 Å². The number of hydrogen-bond acceptors (Lipinski definition) is 1. The van der Waals surface area contributed by atoms with Crippen molar-refractivity contribution in [1.29, 1.82) is 5.41 Å². The lowest BCUT2D eigenvalue weighted by atomic mass is 9.78. The van der Waals surface area contributed by atoms with Crippen molar-refractivity contribution < 1.29 is 0 Å². The van der Waals surface area contributed by atoms with E-state index in [-0.39, 0.29) is 11.3 Å². The molecule has 0 aromatic heterocycles. The summed E-state index contributed by atoms with van der Waals surface area (Å²) in [6.45, 7) is 4.70. The molecule has 0 aliphatic heterocycles. The van der Waals surface area contributed by atoms with E-state index in [1.54, 1.807) is 0 Å². The average molecular weight is 679 g/mol. The van der Waals surface area contributed by atoms with Crippen LogP contribution in [0.1, 0.15) is 41.7 Å². The Hall–Kier alpha value is -6.64. The Morgan fingerprint density at radius 2 is 1.11 bits per heavy atom. The van der Waals surface area contributed by atoms with Crippen LogP contribution in [-0.4, -0.2) is 11.5 Å². The third-order valence-corrected chi connectivity index (χ3v) is 10.8. The molecule has 0 radical (unpaired) electrons. The molecule has 53 heavy (non-hydrogen) atoms. The van der Waals surface area contributed by atoms with Crippen LogP contribution in [0.5, 0.6) is 0 Å². The van der Waals surface area contributed by atoms with Crippen molar-refractivity contribution in [2.75, 3.05) is 0 Å². The van der Waals surface area contributed by atoms with Gasteiger partial charge in [0.05, 0.1) is 5.71 Å². The maximum absolute atomic E-state index is 8.99. The first kappa shape index (κ1) is 32.3. The molecule has 0 atom stereocenters. The van der Waals surface area contributed by atoms with E-state index < -0.39 is 0 Å². The molecule has 1 aliphatic carbocycles. The van der Waals surface area contributed by atoms with E-state index in [4.69, 9.17) is 10.4 Å². The van der Waals surface area contributed by atoms with Gasteiger partial charge in [-0.2, -0.15) is 0 Å². The summed E-state index contributed by atoms with van der Waals surface area (Å²) in [5.41, 5.74) is 13.7. The van der Waals surface area contributed by atoms with E-state index in [1.807, 2.05) is 30.3 Å². The molecule has 0 bridgehead atoms. The topological polar surface area (TPSA) is 36.2 Å². The van der Waals surface area contributed by atoms with Crippen LogP contribution in [0.4, 0.5) is 0 Å². The van der Waals surface area contributed by atoms with Gasteiger partial charge in [0.1, 0.15) is 0 Å². The number of benzene rings is 8. The summed E-state index contributed by atoms with van der Waals surface area (Å²) in [7, 11) is 0. The monoisotopic (exact) mass is 678 g/mol. The van der Waals surface area contributed by atoms with Crippen molar-refractivity contribution >= 4 is 39.2 Å². The first-order valence-electron chi connectivity index (χ1n) is 18.2. The number of hydrogen-bond donors (Lipinski definition) is 1. The SMILES string of the molecule is CC1(C)c2ccccc2-c2cccc(-c3ccc(/C=C/C(=NC(=N)c4ccccc4)c4cccc(-c5cccc6ccccc56)c4)c4ccccc34)c21. The molecule has 0 fully saturated rings. The van der Waals surface area contributed by atoms with Crippen molar-refractivity contribution in [3.05, 3.63) is 210 Å². The van der Waals surface area contributed by atoms with Crippen molar-refractivity contribution in [3.8, 4) is 33.4 Å².